The van der Waals surface area contributed by atoms with E-state index in [0.29, 0.717) is 12.4 Å². The fourth-order valence-electron chi connectivity index (χ4n) is 1.77. The molecule has 0 bridgehead atoms. The molecular formula is C11H20O2. The molecule has 0 heterocycles. The number of ether oxygens (including phenoxy) is 1. The highest BCUT2D eigenvalue weighted by molar-refractivity contribution is 5.38. The first kappa shape index (κ1) is 10.6. The molecule has 0 N–H and O–H groups in total. The maximum atomic E-state index is 9.99. The van der Waals surface area contributed by atoms with E-state index < -0.39 is 0 Å². The molecule has 0 aromatic rings. The van der Waals surface area contributed by atoms with Crippen LogP contribution in [0.3, 0.4) is 0 Å². The summed E-state index contributed by atoms with van der Waals surface area (Å²) >= 11 is 0. The molecular weight excluding hydrogens is 164 g/mol. The van der Waals surface area contributed by atoms with Crippen LogP contribution in [0.5, 0.6) is 0 Å². The van der Waals surface area contributed by atoms with Crippen LogP contribution in [-0.2, 0) is 9.53 Å². The smallest absolute Gasteiger partial charge is 0.293 e. The molecule has 13 heavy (non-hydrogen) atoms. The van der Waals surface area contributed by atoms with Crippen molar-refractivity contribution in [2.24, 2.45) is 5.92 Å². The van der Waals surface area contributed by atoms with E-state index in [1.165, 1.54) is 38.5 Å². The lowest BCUT2D eigenvalue weighted by Crippen LogP contribution is -1.94. The van der Waals surface area contributed by atoms with E-state index >= 15 is 0 Å². The summed E-state index contributed by atoms with van der Waals surface area (Å²) in [6.45, 7) is 2.82. The molecule has 1 rings (SSSR count). The molecule has 2 atom stereocenters. The first-order chi connectivity index (χ1) is 6.38. The van der Waals surface area contributed by atoms with Gasteiger partial charge in [0.2, 0.25) is 0 Å². The molecule has 0 radical (unpaired) electrons. The number of carbonyl (C=O) groups is 1. The van der Waals surface area contributed by atoms with Crippen LogP contribution in [0.4, 0.5) is 0 Å². The average Bonchev–Trinajstić information content (AvgIpc) is 2.84. The molecule has 1 saturated carbocycles. The highest BCUT2D eigenvalue weighted by Crippen LogP contribution is 2.37. The van der Waals surface area contributed by atoms with Gasteiger partial charge in [-0.05, 0) is 18.8 Å². The first-order valence-electron chi connectivity index (χ1n) is 5.47. The lowest BCUT2D eigenvalue weighted by Gasteiger charge is -1.99. The minimum atomic E-state index is 0.267. The van der Waals surface area contributed by atoms with E-state index in [9.17, 15) is 4.79 Å². The Kier molecular flexibility index (Phi) is 4.87. The Morgan fingerprint density at radius 2 is 2.08 bits per heavy atom. The molecule has 76 valence electrons. The lowest BCUT2D eigenvalue weighted by molar-refractivity contribution is -0.130. The summed E-state index contributed by atoms with van der Waals surface area (Å²) in [5, 5.41) is 0. The van der Waals surface area contributed by atoms with Crippen molar-refractivity contribution in [1.82, 2.24) is 0 Å². The zero-order valence-corrected chi connectivity index (χ0v) is 8.50. The van der Waals surface area contributed by atoms with Crippen LogP contribution in [0.15, 0.2) is 0 Å². The van der Waals surface area contributed by atoms with Gasteiger partial charge in [0.25, 0.3) is 6.47 Å². The standard InChI is InChI=1S/C11H20O2/c1-2-3-4-5-6-7-10-8-11(10)13-9-12/h9-11H,2-8H2,1H3. The number of rotatable bonds is 8. The molecule has 0 aromatic carbocycles. The van der Waals surface area contributed by atoms with Gasteiger partial charge in [-0.3, -0.25) is 4.79 Å². The molecule has 0 aliphatic heterocycles. The van der Waals surface area contributed by atoms with Gasteiger partial charge in [0.15, 0.2) is 0 Å². The molecule has 0 amide bonds. The van der Waals surface area contributed by atoms with E-state index in [2.05, 4.69) is 6.92 Å². The van der Waals surface area contributed by atoms with Gasteiger partial charge in [-0.2, -0.15) is 0 Å². The molecule has 1 aliphatic rings. The van der Waals surface area contributed by atoms with Gasteiger partial charge in [0, 0.05) is 0 Å². The summed E-state index contributed by atoms with van der Waals surface area (Å²) < 4.78 is 4.86. The monoisotopic (exact) mass is 184 g/mol. The Morgan fingerprint density at radius 1 is 1.31 bits per heavy atom. The Labute approximate surface area is 80.7 Å². The maximum absolute atomic E-state index is 9.99. The van der Waals surface area contributed by atoms with Crippen molar-refractivity contribution in [3.8, 4) is 0 Å². The van der Waals surface area contributed by atoms with Gasteiger partial charge < -0.3 is 4.74 Å². The normalized spacial score (nSPS) is 25.6. The molecule has 0 aromatic heterocycles. The molecule has 1 fully saturated rings. The predicted molar refractivity (Wildman–Crippen MR) is 52.4 cm³/mol. The summed E-state index contributed by atoms with van der Waals surface area (Å²) in [5.41, 5.74) is 0. The van der Waals surface area contributed by atoms with E-state index in [1.54, 1.807) is 0 Å². The third-order valence-electron chi connectivity index (χ3n) is 2.77. The van der Waals surface area contributed by atoms with Crippen molar-refractivity contribution in [3.05, 3.63) is 0 Å². The minimum Gasteiger partial charge on any atom is -0.464 e. The molecule has 1 aliphatic carbocycles. The van der Waals surface area contributed by atoms with Crippen LogP contribution < -0.4 is 0 Å². The van der Waals surface area contributed by atoms with Gasteiger partial charge in [0.05, 0.1) is 0 Å². The number of unbranched alkanes of at least 4 members (excludes halogenated alkanes) is 4. The van der Waals surface area contributed by atoms with Gasteiger partial charge in [-0.15, -0.1) is 0 Å². The number of hydrogen-bond donors (Lipinski definition) is 0. The Hall–Kier alpha value is -0.530. The fraction of sp³-hybridized carbons (Fsp3) is 0.909. The van der Waals surface area contributed by atoms with E-state index in [0.717, 1.165) is 6.42 Å². The van der Waals surface area contributed by atoms with Gasteiger partial charge in [0.1, 0.15) is 6.10 Å². The Morgan fingerprint density at radius 3 is 2.77 bits per heavy atom. The van der Waals surface area contributed by atoms with Crippen molar-refractivity contribution in [3.63, 3.8) is 0 Å². The SMILES string of the molecule is CCCCCCCC1CC1OC=O. The number of hydrogen-bond acceptors (Lipinski definition) is 2. The first-order valence-corrected chi connectivity index (χ1v) is 5.47. The third-order valence-corrected chi connectivity index (χ3v) is 2.77. The van der Waals surface area contributed by atoms with Crippen molar-refractivity contribution in [2.45, 2.75) is 58.0 Å². The van der Waals surface area contributed by atoms with E-state index in [-0.39, 0.29) is 6.10 Å². The van der Waals surface area contributed by atoms with E-state index in [1.807, 2.05) is 0 Å². The van der Waals surface area contributed by atoms with Crippen LogP contribution >= 0.6 is 0 Å². The van der Waals surface area contributed by atoms with Crippen LogP contribution in [0, 0.1) is 5.92 Å². The molecule has 0 spiro atoms. The van der Waals surface area contributed by atoms with Crippen LogP contribution in [0.25, 0.3) is 0 Å². The third kappa shape index (κ3) is 4.30. The Bertz CT molecular complexity index is 145. The van der Waals surface area contributed by atoms with Crippen molar-refractivity contribution < 1.29 is 9.53 Å². The highest BCUT2D eigenvalue weighted by Gasteiger charge is 2.38. The second-order valence-electron chi connectivity index (χ2n) is 3.97. The zero-order chi connectivity index (χ0) is 9.52. The summed E-state index contributed by atoms with van der Waals surface area (Å²) in [5.74, 6) is 0.687. The lowest BCUT2D eigenvalue weighted by atomic mass is 10.1. The molecule has 2 unspecified atom stereocenters. The molecule has 2 nitrogen and oxygen atoms in total. The van der Waals surface area contributed by atoms with Gasteiger partial charge in [-0.25, -0.2) is 0 Å². The Balaban J connectivity index is 1.82. The quantitative estimate of drug-likeness (QED) is 0.428. The second kappa shape index (κ2) is 6.01. The molecule has 0 saturated heterocycles. The second-order valence-corrected chi connectivity index (χ2v) is 3.97. The topological polar surface area (TPSA) is 26.3 Å². The molecule has 2 heteroatoms. The summed E-state index contributed by atoms with van der Waals surface area (Å²) in [4.78, 5) is 9.99. The van der Waals surface area contributed by atoms with Gasteiger partial charge in [-0.1, -0.05) is 39.0 Å². The number of carbonyl (C=O) groups excluding carboxylic acids is 1. The van der Waals surface area contributed by atoms with Crippen LogP contribution in [0.2, 0.25) is 0 Å². The largest absolute Gasteiger partial charge is 0.464 e. The summed E-state index contributed by atoms with van der Waals surface area (Å²) in [6, 6.07) is 0. The van der Waals surface area contributed by atoms with Crippen LogP contribution in [-0.4, -0.2) is 12.6 Å². The van der Waals surface area contributed by atoms with Crippen molar-refractivity contribution in [2.75, 3.05) is 0 Å². The average molecular weight is 184 g/mol. The maximum Gasteiger partial charge on any atom is 0.293 e. The summed E-state index contributed by atoms with van der Waals surface area (Å²) in [6.07, 6.45) is 9.31. The van der Waals surface area contributed by atoms with Crippen molar-refractivity contribution in [1.29, 1.82) is 0 Å². The van der Waals surface area contributed by atoms with E-state index in [4.69, 9.17) is 4.74 Å². The van der Waals surface area contributed by atoms with Crippen LogP contribution in [0.1, 0.15) is 51.9 Å². The highest BCUT2D eigenvalue weighted by atomic mass is 16.5. The minimum absolute atomic E-state index is 0.267. The zero-order valence-electron chi connectivity index (χ0n) is 8.50. The predicted octanol–water partition coefficient (Wildman–Crippen LogP) is 2.91. The summed E-state index contributed by atoms with van der Waals surface area (Å²) in [7, 11) is 0. The van der Waals surface area contributed by atoms with Gasteiger partial charge >= 0.3 is 0 Å². The fourth-order valence-corrected chi connectivity index (χ4v) is 1.77. The van der Waals surface area contributed by atoms with Crippen molar-refractivity contribution >= 4 is 6.47 Å².